The molecule has 1 aliphatic heterocycles. The van der Waals surface area contributed by atoms with Crippen LogP contribution in [0.5, 0.6) is 0 Å². The molecule has 2 amide bonds. The number of rotatable bonds is 4. The highest BCUT2D eigenvalue weighted by atomic mass is 35.5. The summed E-state index contributed by atoms with van der Waals surface area (Å²) in [5.74, 6) is -2.02. The predicted molar refractivity (Wildman–Crippen MR) is 105 cm³/mol. The molecule has 0 saturated heterocycles. The quantitative estimate of drug-likeness (QED) is 0.616. The lowest BCUT2D eigenvalue weighted by molar-refractivity contribution is -0.167. The molecule has 3 aromatic rings. The van der Waals surface area contributed by atoms with Crippen LogP contribution in [0.15, 0.2) is 48.5 Å². The summed E-state index contributed by atoms with van der Waals surface area (Å²) in [6, 6.07) is 13.5. The highest BCUT2D eigenvalue weighted by molar-refractivity contribution is 6.30. The molecule has 8 heteroatoms. The van der Waals surface area contributed by atoms with E-state index in [1.54, 1.807) is 35.9 Å². The second kappa shape index (κ2) is 7.18. The van der Waals surface area contributed by atoms with Crippen LogP contribution in [0.1, 0.15) is 37.7 Å². The number of carbonyl (C=O) groups is 3. The van der Waals surface area contributed by atoms with Crippen LogP contribution >= 0.6 is 11.6 Å². The van der Waals surface area contributed by atoms with Crippen LogP contribution in [-0.4, -0.2) is 32.6 Å². The third-order valence-electron chi connectivity index (χ3n) is 4.78. The van der Waals surface area contributed by atoms with E-state index in [1.807, 2.05) is 19.1 Å². The molecule has 0 N–H and O–H groups in total. The number of benzene rings is 2. The molecule has 0 bridgehead atoms. The van der Waals surface area contributed by atoms with Gasteiger partial charge in [0.1, 0.15) is 0 Å². The van der Waals surface area contributed by atoms with Gasteiger partial charge in [-0.05, 0) is 50.2 Å². The fraction of sp³-hybridized carbons (Fsp3) is 0.143. The SMILES string of the molecule is Cc1nn(-c2ccc(Cl)cc2)c(C)c1CC(=O)ON1C(=O)c2ccccc2C1=O. The first-order chi connectivity index (χ1) is 13.9. The average molecular weight is 410 g/mol. The zero-order valence-corrected chi connectivity index (χ0v) is 16.4. The lowest BCUT2D eigenvalue weighted by atomic mass is 10.1. The summed E-state index contributed by atoms with van der Waals surface area (Å²) in [5.41, 5.74) is 3.30. The first-order valence-corrected chi connectivity index (χ1v) is 9.24. The van der Waals surface area contributed by atoms with E-state index in [2.05, 4.69) is 5.10 Å². The molecular formula is C21H16ClN3O4. The number of hydrogen-bond donors (Lipinski definition) is 0. The zero-order valence-electron chi connectivity index (χ0n) is 15.7. The van der Waals surface area contributed by atoms with E-state index in [0.29, 0.717) is 21.3 Å². The summed E-state index contributed by atoms with van der Waals surface area (Å²) in [7, 11) is 0. The highest BCUT2D eigenvalue weighted by Crippen LogP contribution is 2.24. The monoisotopic (exact) mass is 409 g/mol. The van der Waals surface area contributed by atoms with Crippen LogP contribution in [-0.2, 0) is 16.1 Å². The predicted octanol–water partition coefficient (Wildman–Crippen LogP) is 3.44. The van der Waals surface area contributed by atoms with Gasteiger partial charge in [-0.3, -0.25) is 9.59 Å². The van der Waals surface area contributed by atoms with E-state index in [-0.39, 0.29) is 17.5 Å². The van der Waals surface area contributed by atoms with E-state index < -0.39 is 17.8 Å². The Bertz CT molecular complexity index is 1120. The largest absolute Gasteiger partial charge is 0.337 e. The maximum Gasteiger partial charge on any atom is 0.337 e. The van der Waals surface area contributed by atoms with Crippen molar-refractivity contribution in [2.45, 2.75) is 20.3 Å². The van der Waals surface area contributed by atoms with Crippen molar-refractivity contribution < 1.29 is 19.2 Å². The number of halogens is 1. The van der Waals surface area contributed by atoms with E-state index in [4.69, 9.17) is 16.4 Å². The minimum atomic E-state index is -0.721. The summed E-state index contributed by atoms with van der Waals surface area (Å²) in [4.78, 5) is 42.3. The molecule has 2 aromatic carbocycles. The van der Waals surface area contributed by atoms with Crippen LogP contribution in [0.2, 0.25) is 5.02 Å². The Morgan fingerprint density at radius 2 is 1.59 bits per heavy atom. The van der Waals surface area contributed by atoms with Crippen molar-refractivity contribution in [3.05, 3.63) is 81.6 Å². The van der Waals surface area contributed by atoms with Crippen LogP contribution in [0, 0.1) is 13.8 Å². The van der Waals surface area contributed by atoms with Gasteiger partial charge in [0, 0.05) is 16.3 Å². The Morgan fingerprint density at radius 1 is 1.00 bits per heavy atom. The number of carbonyl (C=O) groups excluding carboxylic acids is 3. The number of fused-ring (bicyclic) bond motifs is 1. The number of aryl methyl sites for hydroxylation is 1. The lowest BCUT2D eigenvalue weighted by Gasteiger charge is -2.13. The van der Waals surface area contributed by atoms with Crippen molar-refractivity contribution in [2.75, 3.05) is 0 Å². The van der Waals surface area contributed by atoms with Gasteiger partial charge in [0.2, 0.25) is 0 Å². The molecule has 2 heterocycles. The summed E-state index contributed by atoms with van der Waals surface area (Å²) < 4.78 is 1.70. The maximum absolute atomic E-state index is 12.5. The van der Waals surface area contributed by atoms with Gasteiger partial charge < -0.3 is 4.84 Å². The van der Waals surface area contributed by atoms with Gasteiger partial charge in [-0.1, -0.05) is 28.8 Å². The van der Waals surface area contributed by atoms with Crippen LogP contribution in [0.3, 0.4) is 0 Å². The standard InChI is InChI=1S/C21H16ClN3O4/c1-12-18(13(2)24(23-12)15-9-7-14(22)8-10-15)11-19(26)29-25-20(27)16-5-3-4-6-17(16)21(25)28/h3-10H,11H2,1-2H3. The molecule has 0 fully saturated rings. The smallest absolute Gasteiger partial charge is 0.329 e. The van der Waals surface area contributed by atoms with Gasteiger partial charge >= 0.3 is 5.97 Å². The molecule has 0 atom stereocenters. The first-order valence-electron chi connectivity index (χ1n) is 8.86. The molecule has 146 valence electrons. The van der Waals surface area contributed by atoms with E-state index in [9.17, 15) is 14.4 Å². The van der Waals surface area contributed by atoms with Crippen LogP contribution < -0.4 is 0 Å². The Labute approximate surface area is 171 Å². The maximum atomic E-state index is 12.5. The normalized spacial score (nSPS) is 13.0. The number of amides is 2. The summed E-state index contributed by atoms with van der Waals surface area (Å²) in [6.45, 7) is 3.61. The molecule has 1 aliphatic rings. The molecule has 1 aromatic heterocycles. The fourth-order valence-electron chi connectivity index (χ4n) is 3.29. The molecule has 0 spiro atoms. The molecule has 0 radical (unpaired) electrons. The fourth-order valence-corrected chi connectivity index (χ4v) is 3.42. The second-order valence-corrected chi connectivity index (χ2v) is 7.06. The molecule has 0 saturated carbocycles. The third kappa shape index (κ3) is 3.30. The van der Waals surface area contributed by atoms with Crippen LogP contribution in [0.25, 0.3) is 5.69 Å². The zero-order chi connectivity index (χ0) is 20.7. The van der Waals surface area contributed by atoms with E-state index >= 15 is 0 Å². The van der Waals surface area contributed by atoms with E-state index in [0.717, 1.165) is 11.4 Å². The number of nitrogens with zero attached hydrogens (tertiary/aromatic N) is 3. The molecule has 29 heavy (non-hydrogen) atoms. The molecular weight excluding hydrogens is 394 g/mol. The highest BCUT2D eigenvalue weighted by Gasteiger charge is 2.38. The number of hydroxylamine groups is 2. The van der Waals surface area contributed by atoms with Crippen molar-refractivity contribution >= 4 is 29.4 Å². The van der Waals surface area contributed by atoms with Gasteiger partial charge in [-0.15, -0.1) is 0 Å². The Morgan fingerprint density at radius 3 is 2.17 bits per heavy atom. The van der Waals surface area contributed by atoms with Gasteiger partial charge in [0.25, 0.3) is 11.8 Å². The van der Waals surface area contributed by atoms with Crippen molar-refractivity contribution in [1.29, 1.82) is 0 Å². The Balaban J connectivity index is 1.53. The Kier molecular flexibility index (Phi) is 4.68. The summed E-state index contributed by atoms with van der Waals surface area (Å²) in [5, 5.41) is 5.60. The van der Waals surface area contributed by atoms with Crippen molar-refractivity contribution in [1.82, 2.24) is 14.8 Å². The summed E-state index contributed by atoms with van der Waals surface area (Å²) in [6.07, 6.45) is -0.126. The van der Waals surface area contributed by atoms with Crippen molar-refractivity contribution in [3.63, 3.8) is 0 Å². The van der Waals surface area contributed by atoms with E-state index in [1.165, 1.54) is 12.1 Å². The minimum absolute atomic E-state index is 0.126. The van der Waals surface area contributed by atoms with Gasteiger partial charge in [-0.25, -0.2) is 9.48 Å². The molecule has 7 nitrogen and oxygen atoms in total. The minimum Gasteiger partial charge on any atom is -0.329 e. The lowest BCUT2D eigenvalue weighted by Crippen LogP contribution is -2.33. The number of hydrogen-bond acceptors (Lipinski definition) is 5. The van der Waals surface area contributed by atoms with Gasteiger partial charge in [0.15, 0.2) is 0 Å². The van der Waals surface area contributed by atoms with Crippen molar-refractivity contribution in [2.24, 2.45) is 0 Å². The van der Waals surface area contributed by atoms with Gasteiger partial charge in [-0.2, -0.15) is 5.10 Å². The summed E-state index contributed by atoms with van der Waals surface area (Å²) >= 11 is 5.93. The second-order valence-electron chi connectivity index (χ2n) is 6.63. The topological polar surface area (TPSA) is 81.5 Å². The van der Waals surface area contributed by atoms with Crippen LogP contribution in [0.4, 0.5) is 0 Å². The van der Waals surface area contributed by atoms with Crippen molar-refractivity contribution in [3.8, 4) is 5.69 Å². The Hall–Kier alpha value is -3.45. The molecule has 0 aliphatic carbocycles. The number of imide groups is 1. The van der Waals surface area contributed by atoms with Gasteiger partial charge in [0.05, 0.1) is 28.9 Å². The first kappa shape index (κ1) is 18.9. The molecule has 0 unspecified atom stereocenters. The average Bonchev–Trinajstić information content (AvgIpc) is 3.12. The number of aromatic nitrogens is 2. The third-order valence-corrected chi connectivity index (χ3v) is 5.04. The molecule has 4 rings (SSSR count).